The minimum atomic E-state index is -3.34. The molecule has 0 fully saturated rings. The first kappa shape index (κ1) is 16.0. The molecular formula is C14H11BrN2O2S2. The van der Waals surface area contributed by atoms with Crippen LogP contribution in [0, 0.1) is 11.3 Å². The summed E-state index contributed by atoms with van der Waals surface area (Å²) in [6, 6.07) is 11.6. The van der Waals surface area contributed by atoms with Gasteiger partial charge in [-0.05, 0) is 52.3 Å². The van der Waals surface area contributed by atoms with Crippen molar-refractivity contribution < 1.29 is 8.42 Å². The minimum Gasteiger partial charge on any atom is -0.249 e. The largest absolute Gasteiger partial charge is 0.249 e. The van der Waals surface area contributed by atoms with Crippen LogP contribution in [0.2, 0.25) is 0 Å². The molecule has 0 unspecified atom stereocenters. The minimum absolute atomic E-state index is 0.0204. The van der Waals surface area contributed by atoms with Crippen molar-refractivity contribution in [1.29, 1.82) is 5.26 Å². The molecule has 0 spiro atoms. The van der Waals surface area contributed by atoms with E-state index in [2.05, 4.69) is 20.9 Å². The molecule has 0 aliphatic rings. The molecule has 2 aromatic rings. The molecule has 1 aromatic carbocycles. The van der Waals surface area contributed by atoms with Gasteiger partial charge >= 0.3 is 0 Å². The molecule has 0 aliphatic heterocycles. The maximum absolute atomic E-state index is 12.2. The van der Waals surface area contributed by atoms with E-state index in [4.69, 9.17) is 5.26 Å². The van der Waals surface area contributed by atoms with Gasteiger partial charge in [0, 0.05) is 16.4 Å². The Morgan fingerprint density at radius 1 is 1.24 bits per heavy atom. The molecule has 7 heteroatoms. The summed E-state index contributed by atoms with van der Waals surface area (Å²) in [5.41, 5.74) is 0.445. The number of aromatic nitrogens is 1. The van der Waals surface area contributed by atoms with Gasteiger partial charge in [-0.25, -0.2) is 13.4 Å². The maximum Gasteiger partial charge on any atom is 0.179 e. The summed E-state index contributed by atoms with van der Waals surface area (Å²) < 4.78 is 25.2. The molecule has 0 bridgehead atoms. The third-order valence-electron chi connectivity index (χ3n) is 2.66. The standard InChI is InChI=1S/C14H11BrN2O2S2/c15-13-2-1-7-17-14(13)20-8-9-21(18,19)12-5-3-11(10-16)4-6-12/h1-7H,8-9H2. The lowest BCUT2D eigenvalue weighted by Crippen LogP contribution is -2.09. The van der Waals surface area contributed by atoms with Crippen molar-refractivity contribution in [2.45, 2.75) is 9.92 Å². The summed E-state index contributed by atoms with van der Waals surface area (Å²) >= 11 is 4.76. The van der Waals surface area contributed by atoms with Gasteiger partial charge in [-0.15, -0.1) is 11.8 Å². The van der Waals surface area contributed by atoms with E-state index in [0.717, 1.165) is 9.50 Å². The third kappa shape index (κ3) is 4.30. The number of hydrogen-bond acceptors (Lipinski definition) is 5. The van der Waals surface area contributed by atoms with E-state index in [1.54, 1.807) is 6.20 Å². The lowest BCUT2D eigenvalue weighted by atomic mass is 10.2. The molecule has 0 saturated carbocycles. The number of rotatable bonds is 5. The van der Waals surface area contributed by atoms with Gasteiger partial charge in [-0.2, -0.15) is 5.26 Å². The molecule has 0 amide bonds. The average molecular weight is 383 g/mol. The SMILES string of the molecule is N#Cc1ccc(S(=O)(=O)CCSc2ncccc2Br)cc1. The molecule has 2 rings (SSSR count). The van der Waals surface area contributed by atoms with Gasteiger partial charge < -0.3 is 0 Å². The highest BCUT2D eigenvalue weighted by Crippen LogP contribution is 2.25. The topological polar surface area (TPSA) is 70.8 Å². The second-order valence-corrected chi connectivity index (χ2v) is 8.14. The number of nitrogens with zero attached hydrogens (tertiary/aromatic N) is 2. The fourth-order valence-corrected chi connectivity index (χ4v) is 4.71. The predicted molar refractivity (Wildman–Crippen MR) is 85.9 cm³/mol. The Morgan fingerprint density at radius 3 is 2.57 bits per heavy atom. The van der Waals surface area contributed by atoms with Crippen LogP contribution in [-0.2, 0) is 9.84 Å². The molecule has 1 heterocycles. The Hall–Kier alpha value is -1.36. The van der Waals surface area contributed by atoms with E-state index >= 15 is 0 Å². The van der Waals surface area contributed by atoms with E-state index in [1.165, 1.54) is 36.0 Å². The number of sulfone groups is 1. The van der Waals surface area contributed by atoms with Crippen LogP contribution in [0.15, 0.2) is 57.0 Å². The summed E-state index contributed by atoms with van der Waals surface area (Å²) in [6.45, 7) is 0. The van der Waals surface area contributed by atoms with E-state index < -0.39 is 9.84 Å². The Balaban J connectivity index is 2.01. The normalized spacial score (nSPS) is 11.0. The second kappa shape index (κ2) is 7.07. The van der Waals surface area contributed by atoms with Crippen LogP contribution >= 0.6 is 27.7 Å². The second-order valence-electron chi connectivity index (χ2n) is 4.09. The summed E-state index contributed by atoms with van der Waals surface area (Å²) in [6.07, 6.45) is 1.67. The quantitative estimate of drug-likeness (QED) is 0.741. The molecular weight excluding hydrogens is 372 g/mol. The molecule has 4 nitrogen and oxygen atoms in total. The number of nitriles is 1. The van der Waals surface area contributed by atoms with Crippen molar-refractivity contribution in [3.8, 4) is 6.07 Å². The molecule has 1 aromatic heterocycles. The van der Waals surface area contributed by atoms with Crippen molar-refractivity contribution in [3.05, 3.63) is 52.6 Å². The maximum atomic E-state index is 12.2. The zero-order valence-corrected chi connectivity index (χ0v) is 14.1. The lowest BCUT2D eigenvalue weighted by Gasteiger charge is -2.05. The number of hydrogen-bond donors (Lipinski definition) is 0. The smallest absolute Gasteiger partial charge is 0.179 e. The van der Waals surface area contributed by atoms with Gasteiger partial charge in [0.05, 0.1) is 22.3 Å². The van der Waals surface area contributed by atoms with Crippen molar-refractivity contribution in [2.24, 2.45) is 0 Å². The van der Waals surface area contributed by atoms with Gasteiger partial charge in [0.1, 0.15) is 5.03 Å². The van der Waals surface area contributed by atoms with E-state index in [9.17, 15) is 8.42 Å². The Bertz CT molecular complexity index is 768. The van der Waals surface area contributed by atoms with Gasteiger partial charge in [0.15, 0.2) is 9.84 Å². The predicted octanol–water partition coefficient (Wildman–Crippen LogP) is 3.28. The van der Waals surface area contributed by atoms with Crippen LogP contribution in [0.4, 0.5) is 0 Å². The van der Waals surface area contributed by atoms with Crippen molar-refractivity contribution in [2.75, 3.05) is 11.5 Å². The number of halogens is 1. The molecule has 0 radical (unpaired) electrons. The van der Waals surface area contributed by atoms with E-state index in [-0.39, 0.29) is 10.6 Å². The van der Waals surface area contributed by atoms with Crippen molar-refractivity contribution >= 4 is 37.5 Å². The van der Waals surface area contributed by atoms with Crippen molar-refractivity contribution in [1.82, 2.24) is 4.98 Å². The number of thioether (sulfide) groups is 1. The first-order chi connectivity index (χ1) is 10.0. The van der Waals surface area contributed by atoms with Crippen LogP contribution in [0.1, 0.15) is 5.56 Å². The fraction of sp³-hybridized carbons (Fsp3) is 0.143. The first-order valence-corrected chi connectivity index (χ1v) is 9.42. The van der Waals surface area contributed by atoms with Crippen LogP contribution in [0.3, 0.4) is 0 Å². The molecule has 0 atom stereocenters. The number of pyridine rings is 1. The average Bonchev–Trinajstić information content (AvgIpc) is 2.49. The lowest BCUT2D eigenvalue weighted by molar-refractivity contribution is 0.597. The highest BCUT2D eigenvalue weighted by Gasteiger charge is 2.14. The van der Waals surface area contributed by atoms with Crippen molar-refractivity contribution in [3.63, 3.8) is 0 Å². The van der Waals surface area contributed by atoms with Crippen LogP contribution < -0.4 is 0 Å². The van der Waals surface area contributed by atoms with Gasteiger partial charge in [0.2, 0.25) is 0 Å². The molecule has 21 heavy (non-hydrogen) atoms. The summed E-state index contributed by atoms with van der Waals surface area (Å²) in [5.74, 6) is 0.435. The Kier molecular flexibility index (Phi) is 5.39. The molecule has 108 valence electrons. The first-order valence-electron chi connectivity index (χ1n) is 5.99. The summed E-state index contributed by atoms with van der Waals surface area (Å²) in [4.78, 5) is 4.42. The highest BCUT2D eigenvalue weighted by molar-refractivity contribution is 9.10. The van der Waals surface area contributed by atoms with Gasteiger partial charge in [-0.1, -0.05) is 0 Å². The third-order valence-corrected chi connectivity index (χ3v) is 6.56. The van der Waals surface area contributed by atoms with Crippen LogP contribution in [-0.4, -0.2) is 24.9 Å². The van der Waals surface area contributed by atoms with E-state index in [0.29, 0.717) is 11.3 Å². The zero-order valence-electron chi connectivity index (χ0n) is 10.9. The van der Waals surface area contributed by atoms with Crippen LogP contribution in [0.5, 0.6) is 0 Å². The molecule has 0 saturated heterocycles. The zero-order chi connectivity index (χ0) is 15.3. The summed E-state index contributed by atoms with van der Waals surface area (Å²) in [7, 11) is -3.34. The van der Waals surface area contributed by atoms with E-state index in [1.807, 2.05) is 18.2 Å². The van der Waals surface area contributed by atoms with Crippen LogP contribution in [0.25, 0.3) is 0 Å². The molecule has 0 aliphatic carbocycles. The fourth-order valence-electron chi connectivity index (χ4n) is 1.58. The monoisotopic (exact) mass is 382 g/mol. The Labute approximate surface area is 136 Å². The Morgan fingerprint density at radius 2 is 1.95 bits per heavy atom. The molecule has 0 N–H and O–H groups in total. The highest BCUT2D eigenvalue weighted by atomic mass is 79.9. The van der Waals surface area contributed by atoms with Gasteiger partial charge in [0.25, 0.3) is 0 Å². The van der Waals surface area contributed by atoms with Gasteiger partial charge in [-0.3, -0.25) is 0 Å². The number of benzene rings is 1. The summed E-state index contributed by atoms with van der Waals surface area (Å²) in [5, 5.41) is 9.48.